The lowest BCUT2D eigenvalue weighted by Gasteiger charge is -2.21. The highest BCUT2D eigenvalue weighted by Gasteiger charge is 2.30. The number of phosphoric acid groups is 2. The molecule has 0 aromatic heterocycles. The molecule has 0 amide bonds. The summed E-state index contributed by atoms with van der Waals surface area (Å²) < 4.78 is 69.2. The summed E-state index contributed by atoms with van der Waals surface area (Å²) in [5.74, 6) is -1.55. The lowest BCUT2D eigenvalue weighted by molar-refractivity contribution is -0.161. The SMILES string of the molecule is CCCCC/C=C\C/C=C\CCCCCCCC(=O)OC[C@H](COP(=O)(O)OC[C@@H](O)COP(=O)(O)OC[C@@H](COCCCCCCCCC/C=C\CCCCCCC=O)OC(=O)CCCCCCC/C=C\C/C=C\CCCCC)OC(=O)CCCCCCCCCCCCCCC. The van der Waals surface area contributed by atoms with Gasteiger partial charge < -0.3 is 38.6 Å². The molecular weight excluding hydrogens is 1280 g/mol. The quantitative estimate of drug-likeness (QED) is 0.0128. The van der Waals surface area contributed by atoms with Gasteiger partial charge in [0.2, 0.25) is 0 Å². The van der Waals surface area contributed by atoms with E-state index in [9.17, 15) is 43.2 Å². The summed E-state index contributed by atoms with van der Waals surface area (Å²) in [6, 6.07) is 0. The molecular formula is C79H144O17P2. The zero-order chi connectivity index (χ0) is 71.6. The number of phosphoric ester groups is 2. The summed E-state index contributed by atoms with van der Waals surface area (Å²) in [6.45, 7) is 3.63. The van der Waals surface area contributed by atoms with Gasteiger partial charge in [0.1, 0.15) is 25.1 Å². The Labute approximate surface area is 597 Å². The molecule has 0 aromatic carbocycles. The van der Waals surface area contributed by atoms with E-state index in [0.29, 0.717) is 32.3 Å². The van der Waals surface area contributed by atoms with Gasteiger partial charge >= 0.3 is 33.6 Å². The number of esters is 3. The maximum Gasteiger partial charge on any atom is 0.472 e. The summed E-state index contributed by atoms with van der Waals surface area (Å²) in [7, 11) is -9.83. The molecule has 0 aromatic rings. The fraction of sp³-hybridized carbons (Fsp3) is 0.823. The first kappa shape index (κ1) is 94.9. The predicted molar refractivity (Wildman–Crippen MR) is 400 cm³/mol. The Bertz CT molecular complexity index is 2060. The lowest BCUT2D eigenvalue weighted by atomic mass is 10.0. The topological polar surface area (TPSA) is 237 Å². The molecule has 98 heavy (non-hydrogen) atoms. The smallest absolute Gasteiger partial charge is 0.462 e. The third kappa shape index (κ3) is 72.7. The van der Waals surface area contributed by atoms with E-state index in [1.807, 2.05) is 0 Å². The molecule has 0 bridgehead atoms. The number of hydrogen-bond acceptors (Lipinski definition) is 15. The van der Waals surface area contributed by atoms with E-state index in [2.05, 4.69) is 81.5 Å². The molecule has 2 unspecified atom stereocenters. The molecule has 0 saturated carbocycles. The van der Waals surface area contributed by atoms with Gasteiger partial charge in [0, 0.05) is 32.3 Å². The van der Waals surface area contributed by atoms with Crippen molar-refractivity contribution >= 4 is 39.8 Å². The first-order chi connectivity index (χ1) is 47.8. The minimum atomic E-state index is -4.94. The number of carbonyl (C=O) groups excluding carboxylic acids is 4. The van der Waals surface area contributed by atoms with Crippen LogP contribution in [0.15, 0.2) is 60.8 Å². The van der Waals surface area contributed by atoms with Crippen LogP contribution in [0.25, 0.3) is 0 Å². The minimum Gasteiger partial charge on any atom is -0.462 e. The van der Waals surface area contributed by atoms with Gasteiger partial charge in [-0.1, -0.05) is 268 Å². The predicted octanol–water partition coefficient (Wildman–Crippen LogP) is 22.3. The summed E-state index contributed by atoms with van der Waals surface area (Å²) in [5.41, 5.74) is 0. The van der Waals surface area contributed by atoms with E-state index in [1.165, 1.54) is 122 Å². The summed E-state index contributed by atoms with van der Waals surface area (Å²) in [6.07, 6.45) is 72.4. The number of unbranched alkanes of at least 4 members (excludes halogenated alkanes) is 40. The molecule has 3 N–H and O–H groups in total. The van der Waals surface area contributed by atoms with Gasteiger partial charge in [0.05, 0.1) is 33.0 Å². The molecule has 0 aliphatic rings. The molecule has 17 nitrogen and oxygen atoms in total. The molecule has 572 valence electrons. The van der Waals surface area contributed by atoms with Crippen molar-refractivity contribution in [2.75, 3.05) is 46.2 Å². The van der Waals surface area contributed by atoms with Crippen molar-refractivity contribution in [3.8, 4) is 0 Å². The van der Waals surface area contributed by atoms with Crippen LogP contribution in [0.1, 0.15) is 355 Å². The number of allylic oxidation sites excluding steroid dienone is 10. The molecule has 5 atom stereocenters. The van der Waals surface area contributed by atoms with Gasteiger partial charge in [-0.3, -0.25) is 32.5 Å². The fourth-order valence-electron chi connectivity index (χ4n) is 10.9. The highest BCUT2D eigenvalue weighted by Crippen LogP contribution is 2.45. The number of aliphatic hydroxyl groups is 1. The van der Waals surface area contributed by atoms with E-state index in [1.54, 1.807) is 0 Å². The van der Waals surface area contributed by atoms with Crippen molar-refractivity contribution in [2.45, 2.75) is 373 Å². The summed E-state index contributed by atoms with van der Waals surface area (Å²) >= 11 is 0. The number of rotatable bonds is 77. The van der Waals surface area contributed by atoms with Crippen LogP contribution in [0.3, 0.4) is 0 Å². The van der Waals surface area contributed by atoms with Crippen molar-refractivity contribution in [1.29, 1.82) is 0 Å². The van der Waals surface area contributed by atoms with Gasteiger partial charge in [-0.05, 0) is 122 Å². The maximum atomic E-state index is 13.1. The maximum absolute atomic E-state index is 13.1. The average molecular weight is 1430 g/mol. The Morgan fingerprint density at radius 2 is 0.602 bits per heavy atom. The molecule has 0 aliphatic heterocycles. The summed E-state index contributed by atoms with van der Waals surface area (Å²) in [5, 5.41) is 10.6. The van der Waals surface area contributed by atoms with E-state index in [-0.39, 0.29) is 25.9 Å². The first-order valence-electron chi connectivity index (χ1n) is 39.5. The Kier molecular flexibility index (Phi) is 71.3. The van der Waals surface area contributed by atoms with Crippen LogP contribution in [0.5, 0.6) is 0 Å². The standard InChI is InChI=1S/C79H144O17P2/c1-4-7-10-13-16-19-22-25-29-34-38-43-48-53-58-63-77(82)90-71-76(96-79(84)65-60-55-50-44-39-33-24-21-18-15-12-9-6-3)73-94-98(87,88)92-69-74(81)68-91-97(85,86)93-72-75(95-78(83)64-59-54-49-45-40-35-30-26-23-20-17-14-11-8-5-2)70-89-67-62-57-52-47-42-37-32-28-27-31-36-41-46-51-56-61-66-80/h16-17,19-20,25-27,29-31,66,74-76,81H,4-15,18,21-24,28,32-65,67-73H2,1-3H3,(H,85,86)(H,87,88)/b19-16-,20-17-,29-25-,30-26-,31-27-/t74-,75+,76+/m0/s1. The Morgan fingerprint density at radius 1 is 0.327 bits per heavy atom. The Balaban J connectivity index is 5.26. The van der Waals surface area contributed by atoms with Crippen molar-refractivity contribution in [1.82, 2.24) is 0 Å². The second-order valence-electron chi connectivity index (χ2n) is 26.6. The van der Waals surface area contributed by atoms with Crippen LogP contribution in [0.4, 0.5) is 0 Å². The third-order valence-electron chi connectivity index (χ3n) is 17.0. The summed E-state index contributed by atoms with van der Waals surface area (Å²) in [4.78, 5) is 70.6. The van der Waals surface area contributed by atoms with Crippen molar-refractivity contribution < 1.29 is 80.2 Å². The molecule has 0 fully saturated rings. The van der Waals surface area contributed by atoms with E-state index < -0.39 is 84.9 Å². The fourth-order valence-corrected chi connectivity index (χ4v) is 12.5. The first-order valence-corrected chi connectivity index (χ1v) is 42.5. The van der Waals surface area contributed by atoms with Gasteiger partial charge in [-0.2, -0.15) is 0 Å². The second kappa shape index (κ2) is 73.7. The van der Waals surface area contributed by atoms with Gasteiger partial charge in [0.15, 0.2) is 6.10 Å². The molecule has 0 saturated heterocycles. The van der Waals surface area contributed by atoms with Crippen molar-refractivity contribution in [3.63, 3.8) is 0 Å². The third-order valence-corrected chi connectivity index (χ3v) is 18.9. The van der Waals surface area contributed by atoms with Gasteiger partial charge in [0.25, 0.3) is 0 Å². The number of hydrogen-bond donors (Lipinski definition) is 3. The second-order valence-corrected chi connectivity index (χ2v) is 29.5. The van der Waals surface area contributed by atoms with Crippen LogP contribution in [-0.2, 0) is 65.4 Å². The largest absolute Gasteiger partial charge is 0.472 e. The normalized spacial score (nSPS) is 14.3. The zero-order valence-electron chi connectivity index (χ0n) is 62.3. The highest BCUT2D eigenvalue weighted by atomic mass is 31.2. The lowest BCUT2D eigenvalue weighted by Crippen LogP contribution is -2.30. The molecule has 19 heteroatoms. The molecule has 0 aliphatic carbocycles. The van der Waals surface area contributed by atoms with Gasteiger partial charge in [-0.25, -0.2) is 9.13 Å². The monoisotopic (exact) mass is 1430 g/mol. The Hall–Kier alpha value is -3.08. The minimum absolute atomic E-state index is 0.0808. The number of carbonyl (C=O) groups is 4. The molecule has 0 spiro atoms. The number of aliphatic hydroxyl groups excluding tert-OH is 1. The van der Waals surface area contributed by atoms with Gasteiger partial charge in [-0.15, -0.1) is 0 Å². The number of ether oxygens (including phenoxy) is 4. The van der Waals surface area contributed by atoms with Crippen LogP contribution in [0, 0.1) is 0 Å². The van der Waals surface area contributed by atoms with E-state index in [4.69, 9.17) is 37.0 Å². The number of aldehydes is 1. The van der Waals surface area contributed by atoms with Crippen LogP contribution >= 0.6 is 15.6 Å². The van der Waals surface area contributed by atoms with Crippen molar-refractivity contribution in [2.24, 2.45) is 0 Å². The van der Waals surface area contributed by atoms with Crippen LogP contribution < -0.4 is 0 Å². The zero-order valence-corrected chi connectivity index (χ0v) is 64.0. The van der Waals surface area contributed by atoms with Crippen molar-refractivity contribution in [3.05, 3.63) is 60.8 Å². The molecule has 0 rings (SSSR count). The van der Waals surface area contributed by atoms with E-state index in [0.717, 1.165) is 173 Å². The van der Waals surface area contributed by atoms with Crippen LogP contribution in [-0.4, -0.2) is 104 Å². The Morgan fingerprint density at radius 3 is 0.969 bits per heavy atom. The van der Waals surface area contributed by atoms with E-state index >= 15 is 0 Å². The highest BCUT2D eigenvalue weighted by molar-refractivity contribution is 7.47. The van der Waals surface area contributed by atoms with Crippen LogP contribution in [0.2, 0.25) is 0 Å². The molecule has 0 heterocycles. The molecule has 0 radical (unpaired) electrons. The average Bonchev–Trinajstić information content (AvgIpc) is 1.10.